The number of rotatable bonds is 2. The summed E-state index contributed by atoms with van der Waals surface area (Å²) in [6, 6.07) is 8.26. The maximum absolute atomic E-state index is 12.1. The maximum atomic E-state index is 12.1. The van der Waals surface area contributed by atoms with Gasteiger partial charge in [0.05, 0.1) is 0 Å². The summed E-state index contributed by atoms with van der Waals surface area (Å²) in [5.41, 5.74) is 1.13. The number of fused-ring (bicyclic) bond motifs is 2. The molecule has 4 rings (SSSR count). The molecular weight excluding hydrogens is 228 g/mol. The topological polar surface area (TPSA) is 50.4 Å². The first-order valence-corrected chi connectivity index (χ1v) is 6.58. The fourth-order valence-electron chi connectivity index (χ4n) is 3.22. The number of para-hydroxylation sites is 1. The van der Waals surface area contributed by atoms with Crippen LogP contribution >= 0.6 is 0 Å². The van der Waals surface area contributed by atoms with Gasteiger partial charge >= 0.3 is 0 Å². The summed E-state index contributed by atoms with van der Waals surface area (Å²) in [5, 5.41) is 6.45. The number of nitrogens with one attached hydrogen (secondary N) is 2. The molecule has 1 aromatic carbocycles. The number of hydrogen-bond acceptors (Lipinski definition) is 3. The molecule has 0 radical (unpaired) electrons. The molecule has 1 aromatic rings. The maximum Gasteiger partial charge on any atom is 0.261 e. The van der Waals surface area contributed by atoms with Crippen LogP contribution in [0.25, 0.3) is 0 Å². The Morgan fingerprint density at radius 3 is 2.83 bits per heavy atom. The summed E-state index contributed by atoms with van der Waals surface area (Å²) in [7, 11) is 0. The molecule has 4 nitrogen and oxygen atoms in total. The number of carbonyl (C=O) groups is 1. The third-order valence-corrected chi connectivity index (χ3v) is 4.34. The molecule has 94 valence electrons. The molecule has 2 N–H and O–H groups in total. The average molecular weight is 244 g/mol. The first-order chi connectivity index (χ1) is 8.83. The minimum Gasteiger partial charge on any atom is -0.480 e. The van der Waals surface area contributed by atoms with E-state index in [2.05, 4.69) is 10.6 Å². The van der Waals surface area contributed by atoms with Crippen molar-refractivity contribution in [3.63, 3.8) is 0 Å². The number of hydrogen-bond donors (Lipinski definition) is 2. The van der Waals surface area contributed by atoms with Crippen LogP contribution in [0.4, 0.5) is 0 Å². The van der Waals surface area contributed by atoms with E-state index in [0.717, 1.165) is 24.4 Å². The van der Waals surface area contributed by atoms with Crippen LogP contribution in [0.1, 0.15) is 5.56 Å². The van der Waals surface area contributed by atoms with Crippen molar-refractivity contribution in [3.05, 3.63) is 29.8 Å². The predicted octanol–water partition coefficient (Wildman–Crippen LogP) is 0.324. The van der Waals surface area contributed by atoms with Crippen molar-refractivity contribution in [2.45, 2.75) is 18.6 Å². The molecule has 2 aliphatic heterocycles. The Morgan fingerprint density at radius 2 is 2.06 bits per heavy atom. The minimum absolute atomic E-state index is 0.0469. The summed E-state index contributed by atoms with van der Waals surface area (Å²) < 4.78 is 5.69. The van der Waals surface area contributed by atoms with Gasteiger partial charge < -0.3 is 15.4 Å². The fourth-order valence-corrected chi connectivity index (χ4v) is 3.22. The zero-order chi connectivity index (χ0) is 12.1. The highest BCUT2D eigenvalue weighted by molar-refractivity contribution is 5.83. The molecule has 1 aliphatic carbocycles. The van der Waals surface area contributed by atoms with Gasteiger partial charge in [-0.05, 0) is 23.5 Å². The van der Waals surface area contributed by atoms with E-state index >= 15 is 0 Å². The molecule has 3 atom stereocenters. The predicted molar refractivity (Wildman–Crippen MR) is 66.3 cm³/mol. The highest BCUT2D eigenvalue weighted by Crippen LogP contribution is 2.41. The minimum atomic E-state index is -0.336. The Balaban J connectivity index is 1.39. The van der Waals surface area contributed by atoms with Gasteiger partial charge in [0.1, 0.15) is 5.75 Å². The van der Waals surface area contributed by atoms with Gasteiger partial charge in [-0.2, -0.15) is 0 Å². The van der Waals surface area contributed by atoms with E-state index < -0.39 is 0 Å². The van der Waals surface area contributed by atoms with Crippen LogP contribution in [0.15, 0.2) is 24.3 Å². The highest BCUT2D eigenvalue weighted by Gasteiger charge is 2.54. The van der Waals surface area contributed by atoms with E-state index in [9.17, 15) is 4.79 Å². The van der Waals surface area contributed by atoms with E-state index in [1.54, 1.807) is 0 Å². The molecule has 4 heteroatoms. The van der Waals surface area contributed by atoms with E-state index in [0.29, 0.717) is 24.3 Å². The number of benzene rings is 1. The van der Waals surface area contributed by atoms with Gasteiger partial charge in [0.2, 0.25) is 0 Å². The average Bonchev–Trinajstić information content (AvgIpc) is 2.84. The fraction of sp³-hybridized carbons (Fsp3) is 0.500. The lowest BCUT2D eigenvalue weighted by atomic mass is 10.1. The van der Waals surface area contributed by atoms with Gasteiger partial charge in [-0.1, -0.05) is 18.2 Å². The van der Waals surface area contributed by atoms with Crippen LogP contribution < -0.4 is 15.4 Å². The van der Waals surface area contributed by atoms with Crippen LogP contribution in [-0.4, -0.2) is 31.1 Å². The normalized spacial score (nSPS) is 35.6. The molecule has 2 fully saturated rings. The van der Waals surface area contributed by atoms with Gasteiger partial charge in [-0.25, -0.2) is 0 Å². The van der Waals surface area contributed by atoms with Crippen LogP contribution in [0, 0.1) is 11.8 Å². The second kappa shape index (κ2) is 3.72. The third kappa shape index (κ3) is 1.52. The van der Waals surface area contributed by atoms with Crippen molar-refractivity contribution in [1.29, 1.82) is 0 Å². The Kier molecular flexibility index (Phi) is 2.14. The van der Waals surface area contributed by atoms with E-state index in [1.807, 2.05) is 24.3 Å². The standard InChI is InChI=1S/C14H16N2O2/c17-14(16-13-9-6-15-7-10(9)13)12-5-8-3-1-2-4-11(8)18-12/h1-4,9-10,12-13,15H,5-7H2,(H,16,17). The van der Waals surface area contributed by atoms with Crippen molar-refractivity contribution < 1.29 is 9.53 Å². The number of piperidine rings is 1. The third-order valence-electron chi connectivity index (χ3n) is 4.34. The van der Waals surface area contributed by atoms with E-state index in [1.165, 1.54) is 0 Å². The Hall–Kier alpha value is -1.55. The van der Waals surface area contributed by atoms with Crippen molar-refractivity contribution in [3.8, 4) is 5.75 Å². The second-order valence-corrected chi connectivity index (χ2v) is 5.44. The van der Waals surface area contributed by atoms with Gasteiger partial charge in [0.25, 0.3) is 5.91 Å². The molecule has 1 amide bonds. The lowest BCUT2D eigenvalue weighted by molar-refractivity contribution is -0.127. The van der Waals surface area contributed by atoms with Crippen molar-refractivity contribution in [1.82, 2.24) is 10.6 Å². The summed E-state index contributed by atoms with van der Waals surface area (Å²) in [5.74, 6) is 2.20. The first kappa shape index (κ1) is 10.4. The number of carbonyl (C=O) groups excluding carboxylic acids is 1. The van der Waals surface area contributed by atoms with Crippen LogP contribution in [0.3, 0.4) is 0 Å². The van der Waals surface area contributed by atoms with Crippen LogP contribution in [-0.2, 0) is 11.2 Å². The molecule has 2 heterocycles. The Bertz CT molecular complexity index is 467. The molecule has 1 saturated carbocycles. The van der Waals surface area contributed by atoms with Gasteiger partial charge in [-0.15, -0.1) is 0 Å². The second-order valence-electron chi connectivity index (χ2n) is 5.44. The van der Waals surface area contributed by atoms with Crippen LogP contribution in [0.5, 0.6) is 5.75 Å². The molecular formula is C14H16N2O2. The van der Waals surface area contributed by atoms with Crippen molar-refractivity contribution in [2.75, 3.05) is 13.1 Å². The summed E-state index contributed by atoms with van der Waals surface area (Å²) in [4.78, 5) is 12.1. The SMILES string of the molecule is O=C(NC1C2CNCC21)C1Cc2ccccc2O1. The molecule has 0 spiro atoms. The highest BCUT2D eigenvalue weighted by atomic mass is 16.5. The zero-order valence-corrected chi connectivity index (χ0v) is 10.1. The largest absolute Gasteiger partial charge is 0.480 e. The van der Waals surface area contributed by atoms with Gasteiger partial charge in [0.15, 0.2) is 6.10 Å². The molecule has 0 bridgehead atoms. The molecule has 3 aliphatic rings. The molecule has 0 aromatic heterocycles. The number of amides is 1. The van der Waals surface area contributed by atoms with E-state index in [4.69, 9.17) is 4.74 Å². The summed E-state index contributed by atoms with van der Waals surface area (Å²) in [6.07, 6.45) is 0.360. The van der Waals surface area contributed by atoms with Crippen LogP contribution in [0.2, 0.25) is 0 Å². The summed E-state index contributed by atoms with van der Waals surface area (Å²) >= 11 is 0. The summed E-state index contributed by atoms with van der Waals surface area (Å²) in [6.45, 7) is 2.09. The molecule has 18 heavy (non-hydrogen) atoms. The smallest absolute Gasteiger partial charge is 0.261 e. The van der Waals surface area contributed by atoms with E-state index in [-0.39, 0.29) is 12.0 Å². The van der Waals surface area contributed by atoms with Crippen molar-refractivity contribution in [2.24, 2.45) is 11.8 Å². The first-order valence-electron chi connectivity index (χ1n) is 6.58. The van der Waals surface area contributed by atoms with Crippen molar-refractivity contribution >= 4 is 5.91 Å². The quantitative estimate of drug-likeness (QED) is 0.788. The molecule has 1 saturated heterocycles. The number of ether oxygens (including phenoxy) is 1. The lowest BCUT2D eigenvalue weighted by Crippen LogP contribution is -2.41. The van der Waals surface area contributed by atoms with Gasteiger partial charge in [0, 0.05) is 25.6 Å². The zero-order valence-electron chi connectivity index (χ0n) is 10.1. The Morgan fingerprint density at radius 1 is 1.28 bits per heavy atom. The molecule has 3 unspecified atom stereocenters. The van der Waals surface area contributed by atoms with Gasteiger partial charge in [-0.3, -0.25) is 4.79 Å². The monoisotopic (exact) mass is 244 g/mol. The Labute approximate surface area is 106 Å². The lowest BCUT2D eigenvalue weighted by Gasteiger charge is -2.12.